The fourth-order valence-corrected chi connectivity index (χ4v) is 2.16. The molecule has 0 radical (unpaired) electrons. The Kier molecular flexibility index (Phi) is 2.48. The summed E-state index contributed by atoms with van der Waals surface area (Å²) < 4.78 is 2.05. The highest BCUT2D eigenvalue weighted by Gasteiger charge is 2.27. The Labute approximate surface area is 101 Å². The molecule has 0 amide bonds. The Balaban J connectivity index is 2.02. The monoisotopic (exact) mass is 227 g/mol. The molecule has 1 aliphatic carbocycles. The van der Waals surface area contributed by atoms with Gasteiger partial charge in [0.25, 0.3) is 0 Å². The lowest BCUT2D eigenvalue weighted by molar-refractivity contribution is 0.789. The molecule has 0 saturated heterocycles. The second kappa shape index (κ2) is 4.00. The summed E-state index contributed by atoms with van der Waals surface area (Å²) in [5.41, 5.74) is 9.51. The van der Waals surface area contributed by atoms with Gasteiger partial charge in [0.2, 0.25) is 0 Å². The first-order valence-corrected chi connectivity index (χ1v) is 6.15. The van der Waals surface area contributed by atoms with Gasteiger partial charge in [-0.1, -0.05) is 12.1 Å². The standard InChI is InChI=1S/C14H17N3/c1-10(15)12-3-2-4-13(9-12)17-14(7-8-16-17)11-5-6-11/h2-4,7-11H,5-6,15H2,1H3. The van der Waals surface area contributed by atoms with Crippen LogP contribution >= 0.6 is 0 Å². The zero-order valence-corrected chi connectivity index (χ0v) is 10.0. The Bertz CT molecular complexity index is 524. The van der Waals surface area contributed by atoms with Crippen molar-refractivity contribution < 1.29 is 0 Å². The lowest BCUT2D eigenvalue weighted by atomic mass is 10.1. The van der Waals surface area contributed by atoms with Crippen molar-refractivity contribution in [2.75, 3.05) is 0 Å². The Morgan fingerprint density at radius 2 is 2.18 bits per heavy atom. The fraction of sp³-hybridized carbons (Fsp3) is 0.357. The molecule has 3 heteroatoms. The van der Waals surface area contributed by atoms with Crippen LogP contribution in [0.4, 0.5) is 0 Å². The van der Waals surface area contributed by atoms with Gasteiger partial charge in [0.1, 0.15) is 0 Å². The Morgan fingerprint density at radius 1 is 1.35 bits per heavy atom. The van der Waals surface area contributed by atoms with Crippen molar-refractivity contribution >= 4 is 0 Å². The zero-order chi connectivity index (χ0) is 11.8. The molecule has 0 aliphatic heterocycles. The molecule has 1 aromatic carbocycles. The van der Waals surface area contributed by atoms with Crippen molar-refractivity contribution in [1.82, 2.24) is 9.78 Å². The third kappa shape index (κ3) is 1.98. The molecule has 1 unspecified atom stereocenters. The maximum absolute atomic E-state index is 5.92. The summed E-state index contributed by atoms with van der Waals surface area (Å²) >= 11 is 0. The van der Waals surface area contributed by atoms with E-state index in [1.54, 1.807) is 0 Å². The smallest absolute Gasteiger partial charge is 0.0652 e. The summed E-state index contributed by atoms with van der Waals surface area (Å²) in [5, 5.41) is 4.42. The summed E-state index contributed by atoms with van der Waals surface area (Å²) in [7, 11) is 0. The lowest BCUT2D eigenvalue weighted by Gasteiger charge is -2.10. The summed E-state index contributed by atoms with van der Waals surface area (Å²) in [6.07, 6.45) is 4.46. The first kappa shape index (κ1) is 10.5. The number of hydrogen-bond donors (Lipinski definition) is 1. The highest BCUT2D eigenvalue weighted by molar-refractivity contribution is 5.38. The maximum atomic E-state index is 5.92. The molecule has 3 rings (SSSR count). The predicted molar refractivity (Wildman–Crippen MR) is 68.1 cm³/mol. The molecule has 2 aromatic rings. The molecular weight excluding hydrogens is 210 g/mol. The van der Waals surface area contributed by atoms with E-state index in [0.717, 1.165) is 11.3 Å². The fourth-order valence-electron chi connectivity index (χ4n) is 2.16. The average molecular weight is 227 g/mol. The van der Waals surface area contributed by atoms with Gasteiger partial charge in [-0.15, -0.1) is 0 Å². The van der Waals surface area contributed by atoms with E-state index in [-0.39, 0.29) is 6.04 Å². The van der Waals surface area contributed by atoms with E-state index in [1.165, 1.54) is 18.5 Å². The van der Waals surface area contributed by atoms with E-state index >= 15 is 0 Å². The van der Waals surface area contributed by atoms with E-state index in [1.807, 2.05) is 23.9 Å². The van der Waals surface area contributed by atoms with Crippen LogP contribution in [-0.4, -0.2) is 9.78 Å². The Hall–Kier alpha value is -1.61. The van der Waals surface area contributed by atoms with E-state index < -0.39 is 0 Å². The van der Waals surface area contributed by atoms with Crippen molar-refractivity contribution in [2.45, 2.75) is 31.7 Å². The number of nitrogens with zero attached hydrogens (tertiary/aromatic N) is 2. The van der Waals surface area contributed by atoms with Crippen molar-refractivity contribution in [1.29, 1.82) is 0 Å². The molecule has 1 aromatic heterocycles. The quantitative estimate of drug-likeness (QED) is 0.876. The number of hydrogen-bond acceptors (Lipinski definition) is 2. The third-order valence-electron chi connectivity index (χ3n) is 3.31. The molecule has 0 bridgehead atoms. The van der Waals surface area contributed by atoms with E-state index in [9.17, 15) is 0 Å². The molecule has 1 atom stereocenters. The van der Waals surface area contributed by atoms with Crippen molar-refractivity contribution in [3.63, 3.8) is 0 Å². The van der Waals surface area contributed by atoms with Gasteiger partial charge in [-0.05, 0) is 43.5 Å². The minimum Gasteiger partial charge on any atom is -0.324 e. The molecule has 1 fully saturated rings. The molecule has 17 heavy (non-hydrogen) atoms. The van der Waals surface area contributed by atoms with Crippen LogP contribution in [0.25, 0.3) is 5.69 Å². The van der Waals surface area contributed by atoms with Crippen molar-refractivity contribution in [3.8, 4) is 5.69 Å². The van der Waals surface area contributed by atoms with Gasteiger partial charge >= 0.3 is 0 Å². The number of nitrogens with two attached hydrogens (primary N) is 1. The summed E-state index contributed by atoms with van der Waals surface area (Å²) in [6.45, 7) is 2.00. The van der Waals surface area contributed by atoms with Gasteiger partial charge < -0.3 is 5.73 Å². The maximum Gasteiger partial charge on any atom is 0.0652 e. The second-order valence-corrected chi connectivity index (χ2v) is 4.83. The average Bonchev–Trinajstić information content (AvgIpc) is 3.07. The van der Waals surface area contributed by atoms with Crippen LogP contribution in [0.1, 0.15) is 43.0 Å². The van der Waals surface area contributed by atoms with Crippen LogP contribution in [0.3, 0.4) is 0 Å². The van der Waals surface area contributed by atoms with Crippen LogP contribution in [0.5, 0.6) is 0 Å². The SMILES string of the molecule is CC(N)c1cccc(-n2nccc2C2CC2)c1. The van der Waals surface area contributed by atoms with Gasteiger partial charge in [0, 0.05) is 23.9 Å². The molecule has 3 nitrogen and oxygen atoms in total. The minimum absolute atomic E-state index is 0.0647. The summed E-state index contributed by atoms with van der Waals surface area (Å²) in [5.74, 6) is 0.705. The largest absolute Gasteiger partial charge is 0.324 e. The van der Waals surface area contributed by atoms with Gasteiger partial charge in [0.05, 0.1) is 5.69 Å². The van der Waals surface area contributed by atoms with Gasteiger partial charge in [0.15, 0.2) is 0 Å². The van der Waals surface area contributed by atoms with Crippen LogP contribution in [0.2, 0.25) is 0 Å². The van der Waals surface area contributed by atoms with Crippen LogP contribution in [0.15, 0.2) is 36.5 Å². The number of aromatic nitrogens is 2. The second-order valence-electron chi connectivity index (χ2n) is 4.83. The topological polar surface area (TPSA) is 43.8 Å². The van der Waals surface area contributed by atoms with E-state index in [2.05, 4.69) is 29.4 Å². The predicted octanol–water partition coefficient (Wildman–Crippen LogP) is 2.77. The van der Waals surface area contributed by atoms with E-state index in [4.69, 9.17) is 5.73 Å². The number of benzene rings is 1. The highest BCUT2D eigenvalue weighted by atomic mass is 15.3. The Morgan fingerprint density at radius 3 is 2.88 bits per heavy atom. The van der Waals surface area contributed by atoms with Crippen LogP contribution < -0.4 is 5.73 Å². The van der Waals surface area contributed by atoms with Gasteiger partial charge in [-0.3, -0.25) is 0 Å². The molecular formula is C14H17N3. The van der Waals surface area contributed by atoms with Gasteiger partial charge in [-0.2, -0.15) is 5.10 Å². The molecule has 1 heterocycles. The number of rotatable bonds is 3. The van der Waals surface area contributed by atoms with Crippen LogP contribution in [0, 0.1) is 0 Å². The summed E-state index contributed by atoms with van der Waals surface area (Å²) in [4.78, 5) is 0. The van der Waals surface area contributed by atoms with E-state index in [0.29, 0.717) is 5.92 Å². The first-order chi connectivity index (χ1) is 8.25. The highest BCUT2D eigenvalue weighted by Crippen LogP contribution is 2.40. The van der Waals surface area contributed by atoms with Crippen LogP contribution in [-0.2, 0) is 0 Å². The molecule has 1 aliphatic rings. The molecule has 2 N–H and O–H groups in total. The third-order valence-corrected chi connectivity index (χ3v) is 3.31. The lowest BCUT2D eigenvalue weighted by Crippen LogP contribution is -2.07. The molecule has 1 saturated carbocycles. The zero-order valence-electron chi connectivity index (χ0n) is 10.0. The minimum atomic E-state index is 0.0647. The molecule has 0 spiro atoms. The first-order valence-electron chi connectivity index (χ1n) is 6.15. The molecule has 88 valence electrons. The normalized spacial score (nSPS) is 17.1. The van der Waals surface area contributed by atoms with Crippen molar-refractivity contribution in [3.05, 3.63) is 47.8 Å². The van der Waals surface area contributed by atoms with Gasteiger partial charge in [-0.25, -0.2) is 4.68 Å². The summed E-state index contributed by atoms with van der Waals surface area (Å²) in [6, 6.07) is 10.5. The van der Waals surface area contributed by atoms with Crippen molar-refractivity contribution in [2.24, 2.45) is 5.73 Å².